The second kappa shape index (κ2) is 6.54. The van der Waals surface area contributed by atoms with Gasteiger partial charge in [-0.25, -0.2) is 0 Å². The summed E-state index contributed by atoms with van der Waals surface area (Å²) in [6.45, 7) is 0.672. The summed E-state index contributed by atoms with van der Waals surface area (Å²) in [7, 11) is 3.27. The molecule has 0 fully saturated rings. The number of nitrogens with one attached hydrogen (secondary N) is 1. The van der Waals surface area contributed by atoms with Crippen molar-refractivity contribution < 1.29 is 9.47 Å². The first-order valence-electron chi connectivity index (χ1n) is 6.71. The maximum Gasteiger partial charge on any atom is 0.161 e. The van der Waals surface area contributed by atoms with Gasteiger partial charge in [-0.15, -0.1) is 0 Å². The van der Waals surface area contributed by atoms with Crippen LogP contribution in [0.15, 0.2) is 40.9 Å². The number of anilines is 1. The van der Waals surface area contributed by atoms with E-state index in [2.05, 4.69) is 31.7 Å². The Morgan fingerprint density at radius 3 is 2.73 bits per heavy atom. The molecule has 22 heavy (non-hydrogen) atoms. The minimum atomic E-state index is 0.672. The van der Waals surface area contributed by atoms with Crippen LogP contribution in [0, 0.1) is 0 Å². The fourth-order valence-corrected chi connectivity index (χ4v) is 3.58. The fourth-order valence-electron chi connectivity index (χ4n) is 2.23. The van der Waals surface area contributed by atoms with E-state index in [0.717, 1.165) is 37.4 Å². The molecule has 0 amide bonds. The number of nitrogens with zero attached hydrogens (tertiary/aromatic N) is 1. The molecule has 0 spiro atoms. The summed E-state index contributed by atoms with van der Waals surface area (Å²) in [4.78, 5) is 0. The summed E-state index contributed by atoms with van der Waals surface area (Å²) < 4.78 is 17.3. The van der Waals surface area contributed by atoms with Crippen LogP contribution < -0.4 is 14.8 Å². The van der Waals surface area contributed by atoms with Crippen molar-refractivity contribution in [3.8, 4) is 11.5 Å². The van der Waals surface area contributed by atoms with E-state index in [1.165, 1.54) is 11.5 Å². The van der Waals surface area contributed by atoms with E-state index in [9.17, 15) is 0 Å². The highest BCUT2D eigenvalue weighted by molar-refractivity contribution is 9.10. The highest BCUT2D eigenvalue weighted by Crippen LogP contribution is 2.33. The van der Waals surface area contributed by atoms with Crippen LogP contribution in [0.2, 0.25) is 0 Å². The Balaban J connectivity index is 1.81. The summed E-state index contributed by atoms with van der Waals surface area (Å²) in [5.74, 6) is 2.36. The number of aromatic nitrogens is 1. The fraction of sp³-hybridized carbons (Fsp3) is 0.188. The van der Waals surface area contributed by atoms with E-state index in [0.29, 0.717) is 6.54 Å². The predicted molar refractivity (Wildman–Crippen MR) is 94.2 cm³/mol. The summed E-state index contributed by atoms with van der Waals surface area (Å²) in [6.07, 6.45) is 0. The van der Waals surface area contributed by atoms with Crippen LogP contribution in [0.4, 0.5) is 5.82 Å². The van der Waals surface area contributed by atoms with Gasteiger partial charge in [0.15, 0.2) is 11.5 Å². The molecule has 6 heteroatoms. The van der Waals surface area contributed by atoms with Crippen LogP contribution in [0.3, 0.4) is 0 Å². The molecule has 0 aliphatic carbocycles. The molecule has 1 heterocycles. The van der Waals surface area contributed by atoms with Crippen LogP contribution >= 0.6 is 27.5 Å². The lowest BCUT2D eigenvalue weighted by Crippen LogP contribution is -2.01. The van der Waals surface area contributed by atoms with Gasteiger partial charge >= 0.3 is 0 Å². The third-order valence-corrected chi connectivity index (χ3v) is 5.18. The number of hydrogen-bond acceptors (Lipinski definition) is 5. The quantitative estimate of drug-likeness (QED) is 0.699. The molecule has 0 aliphatic rings. The van der Waals surface area contributed by atoms with Crippen molar-refractivity contribution in [2.45, 2.75) is 6.54 Å². The Bertz CT molecular complexity index is 804. The maximum atomic E-state index is 5.33. The van der Waals surface area contributed by atoms with E-state index in [-0.39, 0.29) is 0 Å². The molecule has 0 aliphatic heterocycles. The average molecular weight is 379 g/mol. The Kier molecular flexibility index (Phi) is 4.49. The lowest BCUT2D eigenvalue weighted by molar-refractivity contribution is 0.354. The molecule has 0 saturated heterocycles. The summed E-state index contributed by atoms with van der Waals surface area (Å²) in [5, 5.41) is 4.51. The lowest BCUT2D eigenvalue weighted by atomic mass is 10.2. The van der Waals surface area contributed by atoms with Crippen LogP contribution in [0.1, 0.15) is 5.56 Å². The van der Waals surface area contributed by atoms with Crippen molar-refractivity contribution >= 4 is 43.4 Å². The molecule has 0 unspecified atom stereocenters. The topological polar surface area (TPSA) is 43.4 Å². The van der Waals surface area contributed by atoms with Crippen molar-refractivity contribution in [3.05, 3.63) is 46.4 Å². The van der Waals surface area contributed by atoms with Gasteiger partial charge < -0.3 is 14.8 Å². The van der Waals surface area contributed by atoms with E-state index >= 15 is 0 Å². The Morgan fingerprint density at radius 2 is 1.95 bits per heavy atom. The third kappa shape index (κ3) is 2.89. The first kappa shape index (κ1) is 15.1. The zero-order valence-electron chi connectivity index (χ0n) is 12.2. The number of fused-ring (bicyclic) bond motifs is 1. The molecule has 1 aromatic heterocycles. The van der Waals surface area contributed by atoms with Gasteiger partial charge in [-0.3, -0.25) is 0 Å². The van der Waals surface area contributed by atoms with Crippen molar-refractivity contribution in [1.29, 1.82) is 0 Å². The smallest absolute Gasteiger partial charge is 0.161 e. The van der Waals surface area contributed by atoms with Crippen LogP contribution in [-0.4, -0.2) is 18.6 Å². The second-order valence-electron chi connectivity index (χ2n) is 4.69. The van der Waals surface area contributed by atoms with E-state index in [1.807, 2.05) is 30.3 Å². The molecule has 1 N–H and O–H groups in total. The molecule has 3 aromatic rings. The van der Waals surface area contributed by atoms with Gasteiger partial charge in [0, 0.05) is 16.4 Å². The Morgan fingerprint density at radius 1 is 1.14 bits per heavy atom. The number of methoxy groups -OCH3 is 2. The van der Waals surface area contributed by atoms with Gasteiger partial charge in [0.05, 0.1) is 18.9 Å². The molecule has 0 saturated carbocycles. The first-order chi connectivity index (χ1) is 10.7. The summed E-state index contributed by atoms with van der Waals surface area (Å²) in [5.41, 5.74) is 1.11. The molecule has 3 rings (SSSR count). The second-order valence-corrected chi connectivity index (χ2v) is 6.32. The Labute approximate surface area is 141 Å². The minimum absolute atomic E-state index is 0.672. The van der Waals surface area contributed by atoms with E-state index < -0.39 is 0 Å². The van der Waals surface area contributed by atoms with Crippen molar-refractivity contribution in [2.24, 2.45) is 0 Å². The number of ether oxygens (including phenoxy) is 2. The van der Waals surface area contributed by atoms with Crippen molar-refractivity contribution in [1.82, 2.24) is 4.37 Å². The van der Waals surface area contributed by atoms with Gasteiger partial charge in [0.25, 0.3) is 0 Å². The van der Waals surface area contributed by atoms with Crippen LogP contribution in [-0.2, 0) is 6.54 Å². The largest absolute Gasteiger partial charge is 0.493 e. The normalized spacial score (nSPS) is 10.7. The SMILES string of the molecule is COc1ccc(CNc2nsc3c(Br)cccc23)cc1OC. The van der Waals surface area contributed by atoms with Gasteiger partial charge in [0.1, 0.15) is 5.82 Å². The van der Waals surface area contributed by atoms with E-state index in [1.54, 1.807) is 14.2 Å². The molecule has 0 radical (unpaired) electrons. The molecule has 0 bridgehead atoms. The average Bonchev–Trinajstić information content (AvgIpc) is 2.97. The van der Waals surface area contributed by atoms with Gasteiger partial charge in [-0.1, -0.05) is 12.1 Å². The maximum absolute atomic E-state index is 5.33. The van der Waals surface area contributed by atoms with Crippen molar-refractivity contribution in [2.75, 3.05) is 19.5 Å². The third-order valence-electron chi connectivity index (χ3n) is 3.36. The Hall–Kier alpha value is -1.79. The van der Waals surface area contributed by atoms with Crippen LogP contribution in [0.5, 0.6) is 11.5 Å². The highest BCUT2D eigenvalue weighted by Gasteiger charge is 2.09. The highest BCUT2D eigenvalue weighted by atomic mass is 79.9. The first-order valence-corrected chi connectivity index (χ1v) is 8.28. The zero-order chi connectivity index (χ0) is 15.5. The van der Waals surface area contributed by atoms with E-state index in [4.69, 9.17) is 9.47 Å². The lowest BCUT2D eigenvalue weighted by Gasteiger charge is -2.10. The van der Waals surface area contributed by atoms with Gasteiger partial charge in [-0.2, -0.15) is 4.37 Å². The number of rotatable bonds is 5. The molecular formula is C16H15BrN2O2S. The zero-order valence-corrected chi connectivity index (χ0v) is 14.6. The van der Waals surface area contributed by atoms with Gasteiger partial charge in [-0.05, 0) is 57.3 Å². The number of hydrogen-bond donors (Lipinski definition) is 1. The van der Waals surface area contributed by atoms with Crippen LogP contribution in [0.25, 0.3) is 10.1 Å². The number of halogens is 1. The predicted octanol–water partition coefficient (Wildman–Crippen LogP) is 4.69. The summed E-state index contributed by atoms with van der Waals surface area (Å²) in [6, 6.07) is 12.0. The monoisotopic (exact) mass is 378 g/mol. The van der Waals surface area contributed by atoms with Crippen molar-refractivity contribution in [3.63, 3.8) is 0 Å². The molecule has 4 nitrogen and oxygen atoms in total. The molecular weight excluding hydrogens is 364 g/mol. The molecule has 2 aromatic carbocycles. The standard InChI is InChI=1S/C16H15BrN2O2S/c1-20-13-7-6-10(8-14(13)21-2)9-18-16-11-4-3-5-12(17)15(11)22-19-16/h3-8H,9H2,1-2H3,(H,18,19). The number of benzene rings is 2. The minimum Gasteiger partial charge on any atom is -0.493 e. The van der Waals surface area contributed by atoms with Gasteiger partial charge in [0.2, 0.25) is 0 Å². The molecule has 114 valence electrons. The summed E-state index contributed by atoms with van der Waals surface area (Å²) >= 11 is 5.04. The molecule has 0 atom stereocenters.